The Balaban J connectivity index is 2.00. The Bertz CT molecular complexity index is 424. The van der Waals surface area contributed by atoms with Gasteiger partial charge in [0.15, 0.2) is 0 Å². The summed E-state index contributed by atoms with van der Waals surface area (Å²) in [4.78, 5) is 18.5. The molecular weight excluding hydrogens is 244 g/mol. The van der Waals surface area contributed by atoms with E-state index in [0.717, 1.165) is 18.7 Å². The summed E-state index contributed by atoms with van der Waals surface area (Å²) >= 11 is 0. The molecule has 1 saturated carbocycles. The first-order chi connectivity index (χ1) is 9.15. The largest absolute Gasteiger partial charge is 0.380 e. The van der Waals surface area contributed by atoms with Crippen molar-refractivity contribution in [1.82, 2.24) is 14.5 Å². The van der Waals surface area contributed by atoms with E-state index < -0.39 is 0 Å². The molecule has 0 bridgehead atoms. The molecule has 0 aromatic carbocycles. The van der Waals surface area contributed by atoms with Gasteiger partial charge in [-0.2, -0.15) is 0 Å². The molecule has 0 radical (unpaired) electrons. The molecule has 2 rings (SSSR count). The number of nitrogens with zero attached hydrogens (tertiary/aromatic N) is 3. The first kappa shape index (κ1) is 14.0. The van der Waals surface area contributed by atoms with Gasteiger partial charge in [-0.1, -0.05) is 0 Å². The van der Waals surface area contributed by atoms with E-state index in [1.165, 1.54) is 0 Å². The van der Waals surface area contributed by atoms with Crippen LogP contribution in [0.3, 0.4) is 0 Å². The molecule has 19 heavy (non-hydrogen) atoms. The number of nitrogens with two attached hydrogens (primary N) is 1. The van der Waals surface area contributed by atoms with Gasteiger partial charge in [-0.05, 0) is 12.8 Å². The maximum absolute atomic E-state index is 12.3. The quantitative estimate of drug-likeness (QED) is 0.769. The van der Waals surface area contributed by atoms with E-state index in [1.54, 1.807) is 13.3 Å². The van der Waals surface area contributed by atoms with Gasteiger partial charge in [0.05, 0.1) is 19.1 Å². The van der Waals surface area contributed by atoms with Gasteiger partial charge in [-0.15, -0.1) is 0 Å². The molecule has 1 aromatic rings. The number of amides is 1. The number of hydrogen-bond acceptors (Lipinski definition) is 4. The van der Waals surface area contributed by atoms with Crippen molar-refractivity contribution in [2.75, 3.05) is 13.7 Å². The van der Waals surface area contributed by atoms with Gasteiger partial charge >= 0.3 is 0 Å². The van der Waals surface area contributed by atoms with E-state index >= 15 is 0 Å². The molecule has 1 aromatic heterocycles. The monoisotopic (exact) mass is 266 g/mol. The first-order valence-corrected chi connectivity index (χ1v) is 6.64. The molecule has 106 valence electrons. The molecule has 1 aliphatic rings. The number of carbonyl (C=O) groups excluding carboxylic acids is 1. The number of aryl methyl sites for hydroxylation is 1. The highest BCUT2D eigenvalue weighted by Crippen LogP contribution is 2.29. The molecule has 1 atom stereocenters. The van der Waals surface area contributed by atoms with Gasteiger partial charge in [0.25, 0.3) is 0 Å². The molecule has 0 saturated heterocycles. The van der Waals surface area contributed by atoms with E-state index in [2.05, 4.69) is 4.98 Å². The van der Waals surface area contributed by atoms with E-state index in [1.807, 2.05) is 22.7 Å². The Morgan fingerprint density at radius 1 is 1.68 bits per heavy atom. The van der Waals surface area contributed by atoms with Crippen molar-refractivity contribution in [3.8, 4) is 0 Å². The van der Waals surface area contributed by atoms with Crippen LogP contribution in [0.1, 0.15) is 25.1 Å². The standard InChI is InChI=1S/C13H22N4O2/c1-16-6-5-15-12(16)9-17(10-3-4-10)13(18)7-11(8-14)19-2/h5-6,10-11H,3-4,7-9,14H2,1-2H3. The number of rotatable bonds is 7. The van der Waals surface area contributed by atoms with Gasteiger partial charge in [0.1, 0.15) is 5.82 Å². The third-order valence-electron chi connectivity index (χ3n) is 3.54. The molecular formula is C13H22N4O2. The summed E-state index contributed by atoms with van der Waals surface area (Å²) in [7, 11) is 3.53. The zero-order valence-corrected chi connectivity index (χ0v) is 11.6. The minimum absolute atomic E-state index is 0.0998. The van der Waals surface area contributed by atoms with Crippen LogP contribution in [0, 0.1) is 0 Å². The van der Waals surface area contributed by atoms with Crippen LogP contribution in [0.2, 0.25) is 0 Å². The molecule has 1 unspecified atom stereocenters. The van der Waals surface area contributed by atoms with Gasteiger partial charge in [0.2, 0.25) is 5.91 Å². The maximum atomic E-state index is 12.3. The summed E-state index contributed by atoms with van der Waals surface area (Å²) in [5.74, 6) is 1.00. The Kier molecular flexibility index (Phi) is 4.55. The number of carbonyl (C=O) groups is 1. The lowest BCUT2D eigenvalue weighted by atomic mass is 10.2. The van der Waals surface area contributed by atoms with Crippen LogP contribution in [-0.2, 0) is 23.1 Å². The van der Waals surface area contributed by atoms with Crippen LogP contribution >= 0.6 is 0 Å². The average Bonchev–Trinajstić information content (AvgIpc) is 3.17. The summed E-state index contributed by atoms with van der Waals surface area (Å²) in [6.07, 6.45) is 5.95. The molecule has 6 heteroatoms. The zero-order valence-electron chi connectivity index (χ0n) is 11.6. The van der Waals surface area contributed by atoms with Crippen molar-refractivity contribution < 1.29 is 9.53 Å². The predicted octanol–water partition coefficient (Wildman–Crippen LogP) is 0.275. The Labute approximate surface area is 113 Å². The van der Waals surface area contributed by atoms with Gasteiger partial charge in [-0.3, -0.25) is 4.79 Å². The molecule has 1 heterocycles. The van der Waals surface area contributed by atoms with Crippen molar-refractivity contribution >= 4 is 5.91 Å². The normalized spacial score (nSPS) is 16.4. The maximum Gasteiger partial charge on any atom is 0.225 e. The molecule has 1 aliphatic carbocycles. The number of aromatic nitrogens is 2. The highest BCUT2D eigenvalue weighted by molar-refractivity contribution is 5.77. The molecule has 1 fully saturated rings. The lowest BCUT2D eigenvalue weighted by Gasteiger charge is -2.24. The Morgan fingerprint density at radius 2 is 2.42 bits per heavy atom. The average molecular weight is 266 g/mol. The smallest absolute Gasteiger partial charge is 0.225 e. The van der Waals surface area contributed by atoms with E-state index in [4.69, 9.17) is 10.5 Å². The lowest BCUT2D eigenvalue weighted by molar-refractivity contribution is -0.135. The van der Waals surface area contributed by atoms with Gasteiger partial charge in [0, 0.05) is 39.1 Å². The fourth-order valence-corrected chi connectivity index (χ4v) is 2.08. The van der Waals surface area contributed by atoms with E-state index in [9.17, 15) is 4.79 Å². The molecule has 0 aliphatic heterocycles. The Hall–Kier alpha value is -1.40. The zero-order chi connectivity index (χ0) is 13.8. The predicted molar refractivity (Wildman–Crippen MR) is 71.2 cm³/mol. The Morgan fingerprint density at radius 3 is 2.89 bits per heavy atom. The van der Waals surface area contributed by atoms with Crippen LogP contribution < -0.4 is 5.73 Å². The van der Waals surface area contributed by atoms with Crippen LogP contribution in [0.4, 0.5) is 0 Å². The minimum atomic E-state index is -0.199. The summed E-state index contributed by atoms with van der Waals surface area (Å²) < 4.78 is 7.13. The highest BCUT2D eigenvalue weighted by Gasteiger charge is 2.33. The second kappa shape index (κ2) is 6.16. The van der Waals surface area contributed by atoms with Crippen molar-refractivity contribution in [1.29, 1.82) is 0 Å². The molecule has 2 N–H and O–H groups in total. The van der Waals surface area contributed by atoms with Crippen molar-refractivity contribution in [2.24, 2.45) is 12.8 Å². The second-order valence-electron chi connectivity index (χ2n) is 5.00. The summed E-state index contributed by atoms with van der Waals surface area (Å²) in [6, 6.07) is 0.361. The number of ether oxygens (including phenoxy) is 1. The van der Waals surface area contributed by atoms with Crippen LogP contribution in [0.25, 0.3) is 0 Å². The lowest BCUT2D eigenvalue weighted by Crippen LogP contribution is -2.37. The van der Waals surface area contributed by atoms with Gasteiger partial charge < -0.3 is 19.9 Å². The fourth-order valence-electron chi connectivity index (χ4n) is 2.08. The topological polar surface area (TPSA) is 73.4 Å². The van der Waals surface area contributed by atoms with E-state index in [0.29, 0.717) is 25.6 Å². The summed E-state index contributed by atoms with van der Waals surface area (Å²) in [5.41, 5.74) is 5.57. The first-order valence-electron chi connectivity index (χ1n) is 6.64. The molecule has 1 amide bonds. The van der Waals surface area contributed by atoms with Crippen LogP contribution in [0.5, 0.6) is 0 Å². The van der Waals surface area contributed by atoms with Crippen molar-refractivity contribution in [3.05, 3.63) is 18.2 Å². The summed E-state index contributed by atoms with van der Waals surface area (Å²) in [6.45, 7) is 0.928. The third kappa shape index (κ3) is 3.54. The van der Waals surface area contributed by atoms with Crippen molar-refractivity contribution in [3.63, 3.8) is 0 Å². The van der Waals surface area contributed by atoms with Crippen LogP contribution in [-0.4, -0.2) is 46.2 Å². The third-order valence-corrected chi connectivity index (χ3v) is 3.54. The highest BCUT2D eigenvalue weighted by atomic mass is 16.5. The number of imidazole rings is 1. The summed E-state index contributed by atoms with van der Waals surface area (Å²) in [5, 5.41) is 0. The molecule has 6 nitrogen and oxygen atoms in total. The number of methoxy groups -OCH3 is 1. The van der Waals surface area contributed by atoms with Crippen molar-refractivity contribution in [2.45, 2.75) is 38.0 Å². The SMILES string of the molecule is COC(CN)CC(=O)N(Cc1nccn1C)C1CC1. The number of hydrogen-bond donors (Lipinski definition) is 1. The van der Waals surface area contributed by atoms with Crippen LogP contribution in [0.15, 0.2) is 12.4 Å². The second-order valence-corrected chi connectivity index (χ2v) is 5.00. The molecule has 0 spiro atoms. The fraction of sp³-hybridized carbons (Fsp3) is 0.692. The minimum Gasteiger partial charge on any atom is -0.380 e. The van der Waals surface area contributed by atoms with E-state index in [-0.39, 0.29) is 12.0 Å². The van der Waals surface area contributed by atoms with Gasteiger partial charge in [-0.25, -0.2) is 4.98 Å².